The van der Waals surface area contributed by atoms with Gasteiger partial charge in [-0.2, -0.15) is 0 Å². The summed E-state index contributed by atoms with van der Waals surface area (Å²) >= 11 is 5.50. The van der Waals surface area contributed by atoms with Gasteiger partial charge >= 0.3 is 0 Å². The number of hydrogen-bond acceptors (Lipinski definition) is 0. The Morgan fingerprint density at radius 3 is 2.25 bits per heavy atom. The van der Waals surface area contributed by atoms with E-state index in [0.717, 1.165) is 0 Å². The van der Waals surface area contributed by atoms with Gasteiger partial charge in [0.05, 0.1) is 0 Å². The molecule has 1 rings (SSSR count). The van der Waals surface area contributed by atoms with Gasteiger partial charge in [-0.3, -0.25) is 0 Å². The van der Waals surface area contributed by atoms with Gasteiger partial charge in [0.25, 0.3) is 0 Å². The molecule has 1 aromatic carbocycles. The van der Waals surface area contributed by atoms with E-state index < -0.39 is 11.6 Å². The standard InChI is InChI=1S/C9H9ClF2/c1-6(5-10)9-7(11)3-2-4-8(9)12/h2-4,6H,5H2,1H3. The highest BCUT2D eigenvalue weighted by molar-refractivity contribution is 6.18. The Hall–Kier alpha value is -0.630. The Labute approximate surface area is 75.2 Å². The van der Waals surface area contributed by atoms with Crippen LogP contribution in [0.15, 0.2) is 18.2 Å². The monoisotopic (exact) mass is 190 g/mol. The molecule has 0 bridgehead atoms. The highest BCUT2D eigenvalue weighted by Gasteiger charge is 2.14. The number of rotatable bonds is 2. The number of alkyl halides is 1. The predicted molar refractivity (Wildman–Crippen MR) is 45.5 cm³/mol. The van der Waals surface area contributed by atoms with Gasteiger partial charge < -0.3 is 0 Å². The van der Waals surface area contributed by atoms with Crippen molar-refractivity contribution in [1.29, 1.82) is 0 Å². The van der Waals surface area contributed by atoms with Crippen LogP contribution in [-0.2, 0) is 0 Å². The van der Waals surface area contributed by atoms with Gasteiger partial charge in [-0.1, -0.05) is 13.0 Å². The summed E-state index contributed by atoms with van der Waals surface area (Å²) in [6.07, 6.45) is 0. The van der Waals surface area contributed by atoms with E-state index in [0.29, 0.717) is 0 Å². The van der Waals surface area contributed by atoms with Crippen molar-refractivity contribution < 1.29 is 8.78 Å². The first-order valence-corrected chi connectivity index (χ1v) is 4.20. The average Bonchev–Trinajstić information content (AvgIpc) is 2.03. The second-order valence-corrected chi connectivity index (χ2v) is 3.00. The van der Waals surface area contributed by atoms with E-state index in [2.05, 4.69) is 0 Å². The molecule has 1 unspecified atom stereocenters. The minimum atomic E-state index is -0.525. The molecule has 12 heavy (non-hydrogen) atoms. The van der Waals surface area contributed by atoms with E-state index in [-0.39, 0.29) is 17.4 Å². The maximum absolute atomic E-state index is 13.0. The third kappa shape index (κ3) is 1.75. The zero-order valence-corrected chi connectivity index (χ0v) is 7.41. The van der Waals surface area contributed by atoms with Crippen LogP contribution in [-0.4, -0.2) is 5.88 Å². The summed E-state index contributed by atoms with van der Waals surface area (Å²) in [5.41, 5.74) is 0.0764. The molecule has 0 nitrogen and oxygen atoms in total. The Morgan fingerprint density at radius 1 is 1.33 bits per heavy atom. The maximum atomic E-state index is 13.0. The van der Waals surface area contributed by atoms with Crippen LogP contribution in [0.3, 0.4) is 0 Å². The largest absolute Gasteiger partial charge is 0.207 e. The van der Waals surface area contributed by atoms with E-state index in [1.807, 2.05) is 0 Å². The predicted octanol–water partition coefficient (Wildman–Crippen LogP) is 3.31. The summed E-state index contributed by atoms with van der Waals surface area (Å²) in [7, 11) is 0. The molecule has 66 valence electrons. The molecule has 0 aliphatic carbocycles. The van der Waals surface area contributed by atoms with Crippen molar-refractivity contribution in [2.75, 3.05) is 5.88 Å². The lowest BCUT2D eigenvalue weighted by molar-refractivity contribution is 0.542. The summed E-state index contributed by atoms with van der Waals surface area (Å²) in [6.45, 7) is 1.69. The van der Waals surface area contributed by atoms with Crippen LogP contribution in [0.1, 0.15) is 18.4 Å². The van der Waals surface area contributed by atoms with Crippen LogP contribution in [0, 0.1) is 11.6 Å². The summed E-state index contributed by atoms with van der Waals surface area (Å²) in [6, 6.07) is 3.82. The molecule has 0 N–H and O–H groups in total. The molecule has 0 amide bonds. The first kappa shape index (κ1) is 9.46. The number of halogens is 3. The van der Waals surface area contributed by atoms with Crippen molar-refractivity contribution in [3.63, 3.8) is 0 Å². The molecule has 0 aromatic heterocycles. The molecule has 3 heteroatoms. The Kier molecular flexibility index (Phi) is 3.04. The van der Waals surface area contributed by atoms with Crippen molar-refractivity contribution in [3.8, 4) is 0 Å². The molecule has 0 aliphatic heterocycles. The van der Waals surface area contributed by atoms with Crippen LogP contribution in [0.2, 0.25) is 0 Å². The molecule has 1 atom stereocenters. The second kappa shape index (κ2) is 3.85. The molecular weight excluding hydrogens is 182 g/mol. The second-order valence-electron chi connectivity index (χ2n) is 2.69. The van der Waals surface area contributed by atoms with Crippen LogP contribution < -0.4 is 0 Å². The van der Waals surface area contributed by atoms with Crippen molar-refractivity contribution in [2.24, 2.45) is 0 Å². The zero-order chi connectivity index (χ0) is 9.14. The summed E-state index contributed by atoms with van der Waals surface area (Å²) < 4.78 is 26.0. The number of benzene rings is 1. The summed E-state index contributed by atoms with van der Waals surface area (Å²) in [4.78, 5) is 0. The van der Waals surface area contributed by atoms with Crippen molar-refractivity contribution in [1.82, 2.24) is 0 Å². The quantitative estimate of drug-likeness (QED) is 0.628. The minimum Gasteiger partial charge on any atom is -0.207 e. The van der Waals surface area contributed by atoms with Crippen LogP contribution in [0.4, 0.5) is 8.78 Å². The first-order chi connectivity index (χ1) is 5.66. The van der Waals surface area contributed by atoms with Gasteiger partial charge in [0.1, 0.15) is 11.6 Å². The summed E-state index contributed by atoms with van der Waals surface area (Å²) in [5.74, 6) is -1.11. The molecule has 0 saturated carbocycles. The molecule has 0 aliphatic rings. The Bertz CT molecular complexity index is 253. The van der Waals surface area contributed by atoms with Crippen molar-refractivity contribution in [2.45, 2.75) is 12.8 Å². The fraction of sp³-hybridized carbons (Fsp3) is 0.333. The van der Waals surface area contributed by atoms with Crippen LogP contribution in [0.25, 0.3) is 0 Å². The Balaban J connectivity index is 3.12. The lowest BCUT2D eigenvalue weighted by Crippen LogP contribution is -2.01. The van der Waals surface area contributed by atoms with E-state index in [4.69, 9.17) is 11.6 Å². The number of hydrogen-bond donors (Lipinski definition) is 0. The minimum absolute atomic E-state index is 0.0764. The third-order valence-electron chi connectivity index (χ3n) is 1.72. The molecular formula is C9H9ClF2. The van der Waals surface area contributed by atoms with E-state index in [1.54, 1.807) is 6.92 Å². The lowest BCUT2D eigenvalue weighted by atomic mass is 10.0. The van der Waals surface area contributed by atoms with Gasteiger partial charge in [-0.05, 0) is 12.1 Å². The van der Waals surface area contributed by atoms with Crippen LogP contribution >= 0.6 is 11.6 Å². The molecule has 0 spiro atoms. The Morgan fingerprint density at radius 2 is 1.83 bits per heavy atom. The third-order valence-corrected chi connectivity index (χ3v) is 2.19. The van der Waals surface area contributed by atoms with E-state index in [1.165, 1.54) is 18.2 Å². The fourth-order valence-corrected chi connectivity index (χ4v) is 1.21. The van der Waals surface area contributed by atoms with E-state index >= 15 is 0 Å². The summed E-state index contributed by atoms with van der Waals surface area (Å²) in [5, 5.41) is 0. The topological polar surface area (TPSA) is 0 Å². The van der Waals surface area contributed by atoms with Gasteiger partial charge in [0.15, 0.2) is 0 Å². The fourth-order valence-electron chi connectivity index (χ4n) is 1.06. The van der Waals surface area contributed by atoms with E-state index in [9.17, 15) is 8.78 Å². The SMILES string of the molecule is CC(CCl)c1c(F)cccc1F. The molecule has 0 heterocycles. The smallest absolute Gasteiger partial charge is 0.129 e. The average molecular weight is 191 g/mol. The molecule has 1 aromatic rings. The molecule has 0 fully saturated rings. The molecule has 0 radical (unpaired) electrons. The van der Waals surface area contributed by atoms with Gasteiger partial charge in [-0.25, -0.2) is 8.78 Å². The van der Waals surface area contributed by atoms with Gasteiger partial charge in [-0.15, -0.1) is 11.6 Å². The van der Waals surface area contributed by atoms with Crippen molar-refractivity contribution >= 4 is 11.6 Å². The molecule has 0 saturated heterocycles. The zero-order valence-electron chi connectivity index (χ0n) is 6.65. The lowest BCUT2D eigenvalue weighted by Gasteiger charge is -2.09. The maximum Gasteiger partial charge on any atom is 0.129 e. The van der Waals surface area contributed by atoms with Crippen molar-refractivity contribution in [3.05, 3.63) is 35.4 Å². The normalized spacial score (nSPS) is 13.0. The van der Waals surface area contributed by atoms with Crippen LogP contribution in [0.5, 0.6) is 0 Å². The highest BCUT2D eigenvalue weighted by Crippen LogP contribution is 2.22. The highest BCUT2D eigenvalue weighted by atomic mass is 35.5. The first-order valence-electron chi connectivity index (χ1n) is 3.66. The van der Waals surface area contributed by atoms with Gasteiger partial charge in [0, 0.05) is 17.4 Å². The van der Waals surface area contributed by atoms with Gasteiger partial charge in [0.2, 0.25) is 0 Å².